The van der Waals surface area contributed by atoms with Crippen LogP contribution in [0.1, 0.15) is 58.7 Å². The van der Waals surface area contributed by atoms with Crippen molar-refractivity contribution < 1.29 is 21.8 Å². The average molecular weight is 474 g/mol. The van der Waals surface area contributed by atoms with Gasteiger partial charge in [-0.05, 0) is 56.6 Å². The van der Waals surface area contributed by atoms with Crippen molar-refractivity contribution in [3.63, 3.8) is 0 Å². The van der Waals surface area contributed by atoms with Crippen LogP contribution in [0.2, 0.25) is 18.1 Å². The van der Waals surface area contributed by atoms with Gasteiger partial charge in [0.25, 0.3) is 5.60 Å². The molecule has 31 heavy (non-hydrogen) atoms. The normalized spacial score (nSPS) is 15.6. The van der Waals surface area contributed by atoms with Gasteiger partial charge in [0.05, 0.1) is 21.3 Å². The molecule has 0 aliphatic carbocycles. The van der Waals surface area contributed by atoms with Gasteiger partial charge in [-0.1, -0.05) is 32.9 Å². The number of hydrogen-bond acceptors (Lipinski definition) is 4. The Bertz CT molecular complexity index is 875. The fourth-order valence-electron chi connectivity index (χ4n) is 2.35. The SMILES string of the molecule is CC(C)(C)[S@@](=O)N[C@@H](c1ccc(C(F)(F)F)cc1)C(C#N)(C#N)O[Si](C)(C)C(C)(C)C. The molecule has 1 aromatic rings. The topological polar surface area (TPSA) is 85.9 Å². The number of halogens is 3. The lowest BCUT2D eigenvalue weighted by Gasteiger charge is -2.43. The first-order valence-electron chi connectivity index (χ1n) is 9.68. The van der Waals surface area contributed by atoms with Crippen LogP contribution in [0, 0.1) is 22.7 Å². The van der Waals surface area contributed by atoms with Crippen LogP contribution in [0.5, 0.6) is 0 Å². The quantitative estimate of drug-likeness (QED) is 0.545. The minimum Gasteiger partial charge on any atom is -0.387 e. The summed E-state index contributed by atoms with van der Waals surface area (Å²) in [6.45, 7) is 14.6. The van der Waals surface area contributed by atoms with E-state index in [1.165, 1.54) is 12.1 Å². The molecule has 0 aliphatic heterocycles. The van der Waals surface area contributed by atoms with E-state index in [1.54, 1.807) is 20.8 Å². The second kappa shape index (κ2) is 9.03. The van der Waals surface area contributed by atoms with Gasteiger partial charge >= 0.3 is 6.18 Å². The van der Waals surface area contributed by atoms with Crippen LogP contribution in [0.3, 0.4) is 0 Å². The zero-order chi connectivity index (χ0) is 24.5. The van der Waals surface area contributed by atoms with Crippen molar-refractivity contribution in [2.24, 2.45) is 0 Å². The molecule has 0 aromatic heterocycles. The van der Waals surface area contributed by atoms with Crippen LogP contribution < -0.4 is 4.72 Å². The van der Waals surface area contributed by atoms with Crippen molar-refractivity contribution in [2.75, 3.05) is 0 Å². The molecule has 0 radical (unpaired) electrons. The highest BCUT2D eigenvalue weighted by Crippen LogP contribution is 2.42. The van der Waals surface area contributed by atoms with E-state index in [0.29, 0.717) is 0 Å². The van der Waals surface area contributed by atoms with Gasteiger partial charge in [0, 0.05) is 0 Å². The summed E-state index contributed by atoms with van der Waals surface area (Å²) in [5.41, 5.74) is -2.76. The smallest absolute Gasteiger partial charge is 0.387 e. The molecule has 172 valence electrons. The van der Waals surface area contributed by atoms with Gasteiger partial charge in [0.2, 0.25) is 0 Å². The molecule has 1 N–H and O–H groups in total. The molecule has 5 nitrogen and oxygen atoms in total. The minimum absolute atomic E-state index is 0.201. The number of nitriles is 2. The summed E-state index contributed by atoms with van der Waals surface area (Å²) >= 11 is 0. The highest BCUT2D eigenvalue weighted by molar-refractivity contribution is 7.84. The average Bonchev–Trinajstić information content (AvgIpc) is 2.62. The van der Waals surface area contributed by atoms with Crippen molar-refractivity contribution in [3.05, 3.63) is 35.4 Å². The van der Waals surface area contributed by atoms with Crippen molar-refractivity contribution in [3.8, 4) is 12.1 Å². The van der Waals surface area contributed by atoms with Crippen LogP contribution in [0.15, 0.2) is 24.3 Å². The van der Waals surface area contributed by atoms with Gasteiger partial charge < -0.3 is 4.43 Å². The van der Waals surface area contributed by atoms with Crippen LogP contribution >= 0.6 is 0 Å². The highest BCUT2D eigenvalue weighted by atomic mass is 32.2. The zero-order valence-corrected chi connectivity index (χ0v) is 21.0. The van der Waals surface area contributed by atoms with Gasteiger partial charge in [-0.3, -0.25) is 0 Å². The summed E-state index contributed by atoms with van der Waals surface area (Å²) in [4.78, 5) is 0. The molecule has 10 heteroatoms. The monoisotopic (exact) mass is 473 g/mol. The fraction of sp³-hybridized carbons (Fsp3) is 0.619. The summed E-state index contributed by atoms with van der Waals surface area (Å²) in [5.74, 6) is 0. The molecule has 0 bridgehead atoms. The van der Waals surface area contributed by atoms with E-state index in [2.05, 4.69) is 4.72 Å². The van der Waals surface area contributed by atoms with Gasteiger partial charge in [-0.2, -0.15) is 23.7 Å². The molecule has 0 saturated carbocycles. The third kappa shape index (κ3) is 6.39. The second-order valence-corrected chi connectivity index (χ2v) is 16.6. The Kier molecular flexibility index (Phi) is 7.95. The number of alkyl halides is 3. The molecular weight excluding hydrogens is 443 g/mol. The minimum atomic E-state index is -4.53. The van der Waals surface area contributed by atoms with Crippen LogP contribution in [0.4, 0.5) is 13.2 Å². The molecular formula is C21H30F3N3O2SSi. The predicted molar refractivity (Wildman–Crippen MR) is 117 cm³/mol. The zero-order valence-electron chi connectivity index (χ0n) is 19.1. The standard InChI is InChI=1S/C21H30F3N3O2SSi/c1-18(2,3)30(28)27-17(15-9-11-16(12-10-15)21(22,23)24)20(13-25,14-26)29-31(7,8)19(4,5)6/h9-12,17,27H,1-8H3/t17-,30+/m0/s1. The third-order valence-corrected chi connectivity index (χ3v) is 11.3. The molecule has 1 aromatic carbocycles. The van der Waals surface area contributed by atoms with E-state index in [9.17, 15) is 27.9 Å². The molecule has 0 aliphatic rings. The molecule has 0 amide bonds. The van der Waals surface area contributed by atoms with E-state index in [4.69, 9.17) is 4.43 Å². The Morgan fingerprint density at radius 2 is 1.45 bits per heavy atom. The molecule has 1 rings (SSSR count). The summed E-state index contributed by atoms with van der Waals surface area (Å²) in [6, 6.07) is 6.72. The molecule has 0 spiro atoms. The fourth-order valence-corrected chi connectivity index (χ4v) is 4.54. The van der Waals surface area contributed by atoms with Crippen molar-refractivity contribution >= 4 is 19.3 Å². The molecule has 2 atom stereocenters. The van der Waals surface area contributed by atoms with Gasteiger partial charge in [-0.25, -0.2) is 8.93 Å². The Labute approximate surface area is 186 Å². The Morgan fingerprint density at radius 1 is 1.00 bits per heavy atom. The molecule has 0 heterocycles. The lowest BCUT2D eigenvalue weighted by molar-refractivity contribution is -0.137. The number of benzene rings is 1. The molecule has 0 saturated heterocycles. The summed E-state index contributed by atoms with van der Waals surface area (Å²) in [7, 11) is -4.41. The van der Waals surface area contributed by atoms with Crippen molar-refractivity contribution in [2.45, 2.75) is 82.2 Å². The number of nitrogens with zero attached hydrogens (tertiary/aromatic N) is 2. The number of nitrogens with one attached hydrogen (secondary N) is 1. The maximum atomic E-state index is 13.0. The van der Waals surface area contributed by atoms with E-state index in [1.807, 2.05) is 46.0 Å². The van der Waals surface area contributed by atoms with Gasteiger partial charge in [0.1, 0.15) is 18.2 Å². The Hall–Kier alpha value is -1.72. The van der Waals surface area contributed by atoms with Crippen LogP contribution in [-0.2, 0) is 21.6 Å². The Balaban J connectivity index is 3.65. The number of rotatable bonds is 6. The first-order chi connectivity index (χ1) is 13.8. The lowest BCUT2D eigenvalue weighted by Crippen LogP contribution is -2.55. The van der Waals surface area contributed by atoms with Crippen LogP contribution in [-0.4, -0.2) is 22.9 Å². The predicted octanol–water partition coefficient (Wildman–Crippen LogP) is 5.61. The Morgan fingerprint density at radius 3 is 1.77 bits per heavy atom. The van der Waals surface area contributed by atoms with Crippen molar-refractivity contribution in [1.29, 1.82) is 10.5 Å². The maximum Gasteiger partial charge on any atom is 0.416 e. The third-order valence-electron chi connectivity index (χ3n) is 5.31. The maximum absolute atomic E-state index is 13.0. The van der Waals surface area contributed by atoms with E-state index >= 15 is 0 Å². The van der Waals surface area contributed by atoms with Crippen molar-refractivity contribution in [1.82, 2.24) is 4.72 Å². The first kappa shape index (κ1) is 27.3. The summed E-state index contributed by atoms with van der Waals surface area (Å²) in [6.07, 6.45) is -4.53. The van der Waals surface area contributed by atoms with Crippen LogP contribution in [0.25, 0.3) is 0 Å². The molecule has 0 fully saturated rings. The van der Waals surface area contributed by atoms with E-state index in [0.717, 1.165) is 12.1 Å². The van der Waals surface area contributed by atoms with E-state index in [-0.39, 0.29) is 10.6 Å². The van der Waals surface area contributed by atoms with E-state index < -0.39 is 47.4 Å². The summed E-state index contributed by atoms with van der Waals surface area (Å²) < 4.78 is 60.2. The highest BCUT2D eigenvalue weighted by Gasteiger charge is 2.51. The summed E-state index contributed by atoms with van der Waals surface area (Å²) in [5, 5.41) is 19.7. The number of hydrogen-bond donors (Lipinski definition) is 1. The lowest BCUT2D eigenvalue weighted by atomic mass is 9.91. The first-order valence-corrected chi connectivity index (χ1v) is 13.7. The van der Waals surface area contributed by atoms with Gasteiger partial charge in [-0.15, -0.1) is 0 Å². The van der Waals surface area contributed by atoms with Gasteiger partial charge in [0.15, 0.2) is 8.32 Å². The molecule has 0 unspecified atom stereocenters. The largest absolute Gasteiger partial charge is 0.416 e. The second-order valence-electron chi connectivity index (χ2n) is 9.87.